The van der Waals surface area contributed by atoms with Gasteiger partial charge in [0.25, 0.3) is 5.91 Å². The van der Waals surface area contributed by atoms with Crippen molar-refractivity contribution in [1.29, 1.82) is 0 Å². The van der Waals surface area contributed by atoms with Crippen molar-refractivity contribution in [3.8, 4) is 0 Å². The zero-order valence-electron chi connectivity index (χ0n) is 12.2. The lowest BCUT2D eigenvalue weighted by Crippen LogP contribution is -2.38. The Hall–Kier alpha value is -2.04. The maximum absolute atomic E-state index is 11.8. The van der Waals surface area contributed by atoms with E-state index < -0.39 is 0 Å². The number of benzene rings is 1. The van der Waals surface area contributed by atoms with Gasteiger partial charge in [-0.3, -0.25) is 4.79 Å². The number of nitrogens with one attached hydrogen (secondary N) is 2. The first-order chi connectivity index (χ1) is 10.2. The third-order valence-electron chi connectivity index (χ3n) is 4.24. The predicted octanol–water partition coefficient (Wildman–Crippen LogP) is 1.32. The van der Waals surface area contributed by atoms with Crippen molar-refractivity contribution >= 4 is 11.9 Å². The summed E-state index contributed by atoms with van der Waals surface area (Å²) in [4.78, 5) is 16.2. The summed E-state index contributed by atoms with van der Waals surface area (Å²) in [5.41, 5.74) is 8.83. The number of carbonyl (C=O) groups excluding carboxylic acids is 1. The zero-order chi connectivity index (χ0) is 14.7. The molecule has 0 saturated heterocycles. The van der Waals surface area contributed by atoms with E-state index in [0.29, 0.717) is 18.5 Å². The molecule has 1 amide bonds. The number of rotatable bonds is 3. The molecule has 1 saturated carbocycles. The number of nitrogens with two attached hydrogens (primary N) is 1. The Kier molecular flexibility index (Phi) is 4.08. The lowest BCUT2D eigenvalue weighted by atomic mass is 9.98. The number of nitrogens with zero attached hydrogens (tertiary/aromatic N) is 1. The number of aliphatic imine (C=N–C) groups is 1. The van der Waals surface area contributed by atoms with Crippen LogP contribution in [0.4, 0.5) is 0 Å². The smallest absolute Gasteiger partial charge is 0.251 e. The van der Waals surface area contributed by atoms with Crippen LogP contribution in [0.25, 0.3) is 0 Å². The summed E-state index contributed by atoms with van der Waals surface area (Å²) >= 11 is 0. The van der Waals surface area contributed by atoms with Gasteiger partial charge in [-0.15, -0.1) is 0 Å². The fraction of sp³-hybridized carbons (Fsp3) is 0.500. The highest BCUT2D eigenvalue weighted by Crippen LogP contribution is 2.18. The van der Waals surface area contributed by atoms with Gasteiger partial charge in [0.05, 0.1) is 6.54 Å². The quantitative estimate of drug-likeness (QED) is 0.579. The van der Waals surface area contributed by atoms with Crippen LogP contribution in [0, 0.1) is 0 Å². The Morgan fingerprint density at radius 2 is 2.19 bits per heavy atom. The Morgan fingerprint density at radius 1 is 1.38 bits per heavy atom. The van der Waals surface area contributed by atoms with Crippen molar-refractivity contribution in [2.45, 2.75) is 44.7 Å². The molecule has 21 heavy (non-hydrogen) atoms. The molecule has 1 aromatic rings. The number of carbonyl (C=O) groups is 1. The Labute approximate surface area is 125 Å². The molecule has 3 rings (SSSR count). The third-order valence-corrected chi connectivity index (χ3v) is 4.24. The van der Waals surface area contributed by atoms with Gasteiger partial charge in [-0.1, -0.05) is 25.0 Å². The Bertz CT molecular complexity index is 561. The van der Waals surface area contributed by atoms with E-state index in [2.05, 4.69) is 15.6 Å². The van der Waals surface area contributed by atoms with Crippen LogP contribution in [-0.4, -0.2) is 24.5 Å². The molecule has 1 fully saturated rings. The second kappa shape index (κ2) is 6.16. The molecule has 1 aliphatic carbocycles. The van der Waals surface area contributed by atoms with Crippen molar-refractivity contribution in [1.82, 2.24) is 10.6 Å². The monoisotopic (exact) mass is 286 g/mol. The van der Waals surface area contributed by atoms with Crippen LogP contribution < -0.4 is 16.4 Å². The van der Waals surface area contributed by atoms with Gasteiger partial charge in [0.1, 0.15) is 0 Å². The fourth-order valence-electron chi connectivity index (χ4n) is 3.06. The van der Waals surface area contributed by atoms with E-state index in [4.69, 9.17) is 5.73 Å². The van der Waals surface area contributed by atoms with Crippen molar-refractivity contribution in [2.24, 2.45) is 10.7 Å². The highest BCUT2D eigenvalue weighted by Gasteiger charge is 2.17. The van der Waals surface area contributed by atoms with Gasteiger partial charge in [0, 0.05) is 18.2 Å². The molecular weight excluding hydrogens is 264 g/mol. The van der Waals surface area contributed by atoms with Crippen LogP contribution in [-0.2, 0) is 13.0 Å². The Balaban J connectivity index is 1.64. The highest BCUT2D eigenvalue weighted by molar-refractivity contribution is 5.96. The van der Waals surface area contributed by atoms with E-state index in [-0.39, 0.29) is 5.91 Å². The van der Waals surface area contributed by atoms with E-state index in [9.17, 15) is 4.79 Å². The van der Waals surface area contributed by atoms with Crippen LogP contribution >= 0.6 is 0 Å². The minimum absolute atomic E-state index is 0.0131. The van der Waals surface area contributed by atoms with Crippen LogP contribution in [0.2, 0.25) is 0 Å². The maximum Gasteiger partial charge on any atom is 0.251 e. The topological polar surface area (TPSA) is 79.5 Å². The number of amides is 1. The predicted molar refractivity (Wildman–Crippen MR) is 83.2 cm³/mol. The number of fused-ring (bicyclic) bond motifs is 1. The highest BCUT2D eigenvalue weighted by atomic mass is 16.1. The van der Waals surface area contributed by atoms with Crippen LogP contribution in [0.3, 0.4) is 0 Å². The summed E-state index contributed by atoms with van der Waals surface area (Å²) in [5, 5.41) is 6.14. The van der Waals surface area contributed by atoms with Crippen LogP contribution in [0.15, 0.2) is 23.2 Å². The summed E-state index contributed by atoms with van der Waals surface area (Å²) in [6.45, 7) is 1.23. The molecule has 5 nitrogen and oxygen atoms in total. The summed E-state index contributed by atoms with van der Waals surface area (Å²) in [5.74, 6) is 0.517. The molecule has 1 aromatic carbocycles. The van der Waals surface area contributed by atoms with Crippen molar-refractivity contribution in [3.63, 3.8) is 0 Å². The first-order valence-electron chi connectivity index (χ1n) is 7.69. The summed E-state index contributed by atoms with van der Waals surface area (Å²) in [7, 11) is 0. The SMILES string of the molecule is NC(=NCc1ccc2c(c1)C(=O)NCC2)NC1CCCC1. The lowest BCUT2D eigenvalue weighted by Gasteiger charge is -2.17. The van der Waals surface area contributed by atoms with Crippen LogP contribution in [0.1, 0.15) is 47.2 Å². The summed E-state index contributed by atoms with van der Waals surface area (Å²) in [6, 6.07) is 6.46. The standard InChI is InChI=1S/C16H22N4O/c17-16(20-13-3-1-2-4-13)19-10-11-5-6-12-7-8-18-15(21)14(12)9-11/h5-6,9,13H,1-4,7-8,10H2,(H,18,21)(H3,17,19,20). The third kappa shape index (κ3) is 3.35. The molecule has 112 valence electrons. The zero-order valence-corrected chi connectivity index (χ0v) is 12.2. The molecule has 0 bridgehead atoms. The second-order valence-corrected chi connectivity index (χ2v) is 5.82. The summed E-state index contributed by atoms with van der Waals surface area (Å²) < 4.78 is 0. The van der Waals surface area contributed by atoms with E-state index in [0.717, 1.165) is 29.7 Å². The number of hydrogen-bond donors (Lipinski definition) is 3. The van der Waals surface area contributed by atoms with Crippen molar-refractivity contribution in [3.05, 3.63) is 34.9 Å². The van der Waals surface area contributed by atoms with Gasteiger partial charge in [-0.2, -0.15) is 0 Å². The molecular formula is C16H22N4O. The van der Waals surface area contributed by atoms with Gasteiger partial charge in [-0.05, 0) is 36.5 Å². The minimum Gasteiger partial charge on any atom is -0.370 e. The fourth-order valence-corrected chi connectivity index (χ4v) is 3.06. The van der Waals surface area contributed by atoms with E-state index in [1.165, 1.54) is 25.7 Å². The van der Waals surface area contributed by atoms with Crippen LogP contribution in [0.5, 0.6) is 0 Å². The molecule has 0 atom stereocenters. The van der Waals surface area contributed by atoms with Crippen molar-refractivity contribution < 1.29 is 4.79 Å². The molecule has 2 aliphatic rings. The molecule has 0 unspecified atom stereocenters. The number of hydrogen-bond acceptors (Lipinski definition) is 2. The summed E-state index contributed by atoms with van der Waals surface area (Å²) in [6.07, 6.45) is 5.79. The Morgan fingerprint density at radius 3 is 3.00 bits per heavy atom. The average Bonchev–Trinajstić information content (AvgIpc) is 2.98. The molecule has 4 N–H and O–H groups in total. The second-order valence-electron chi connectivity index (χ2n) is 5.82. The minimum atomic E-state index is 0.0131. The van der Waals surface area contributed by atoms with E-state index in [1.54, 1.807) is 0 Å². The maximum atomic E-state index is 11.8. The molecule has 1 aliphatic heterocycles. The molecule has 5 heteroatoms. The van der Waals surface area contributed by atoms with Gasteiger partial charge < -0.3 is 16.4 Å². The molecule has 0 radical (unpaired) electrons. The normalized spacial score (nSPS) is 19.2. The largest absolute Gasteiger partial charge is 0.370 e. The van der Waals surface area contributed by atoms with E-state index >= 15 is 0 Å². The average molecular weight is 286 g/mol. The van der Waals surface area contributed by atoms with Gasteiger partial charge in [0.2, 0.25) is 0 Å². The molecule has 1 heterocycles. The first-order valence-corrected chi connectivity index (χ1v) is 7.69. The molecule has 0 aromatic heterocycles. The van der Waals surface area contributed by atoms with E-state index in [1.807, 2.05) is 18.2 Å². The van der Waals surface area contributed by atoms with Gasteiger partial charge in [0.15, 0.2) is 5.96 Å². The molecule has 0 spiro atoms. The van der Waals surface area contributed by atoms with Gasteiger partial charge in [-0.25, -0.2) is 4.99 Å². The van der Waals surface area contributed by atoms with Gasteiger partial charge >= 0.3 is 0 Å². The van der Waals surface area contributed by atoms with Crippen molar-refractivity contribution in [2.75, 3.05) is 6.54 Å². The lowest BCUT2D eigenvalue weighted by molar-refractivity contribution is 0.0946. The number of guanidine groups is 1. The first kappa shape index (κ1) is 13.9.